The minimum Gasteiger partial charge on any atom is -1.00 e. The molecule has 226 valence electrons. The third-order valence-electron chi connectivity index (χ3n) is 7.74. The highest BCUT2D eigenvalue weighted by molar-refractivity contribution is 6.04. The second kappa shape index (κ2) is 13.4. The summed E-state index contributed by atoms with van der Waals surface area (Å²) in [4.78, 5) is 31.5. The van der Waals surface area contributed by atoms with Crippen LogP contribution >= 0.6 is 0 Å². The first-order valence-electron chi connectivity index (χ1n) is 14.5. The van der Waals surface area contributed by atoms with E-state index in [1.165, 1.54) is 11.4 Å². The van der Waals surface area contributed by atoms with Gasteiger partial charge >= 0.3 is 6.09 Å². The van der Waals surface area contributed by atoms with Crippen molar-refractivity contribution in [3.63, 3.8) is 0 Å². The molecule has 0 saturated carbocycles. The summed E-state index contributed by atoms with van der Waals surface area (Å²) in [7, 11) is 4.08. The van der Waals surface area contributed by atoms with Crippen molar-refractivity contribution in [2.75, 3.05) is 51.7 Å². The molecule has 0 atom stereocenters. The average molecular weight is 685 g/mol. The molecule has 2 aromatic carbocycles. The lowest BCUT2D eigenvalue weighted by Crippen LogP contribution is -3.00. The van der Waals surface area contributed by atoms with Crippen LogP contribution in [0.3, 0.4) is 0 Å². The highest BCUT2D eigenvalue weighted by Crippen LogP contribution is 2.40. The number of nitrogens with zero attached hydrogens (tertiary/aromatic N) is 4. The molecule has 8 heteroatoms. The van der Waals surface area contributed by atoms with E-state index in [0.717, 1.165) is 23.4 Å². The summed E-state index contributed by atoms with van der Waals surface area (Å²) in [6, 6.07) is 14.6. The summed E-state index contributed by atoms with van der Waals surface area (Å²) >= 11 is 0. The smallest absolute Gasteiger partial charge is 0.410 e. The number of hydrogen-bond donors (Lipinski definition) is 0. The Morgan fingerprint density at radius 1 is 0.952 bits per heavy atom. The van der Waals surface area contributed by atoms with Crippen LogP contribution in [0.25, 0.3) is 6.08 Å². The van der Waals surface area contributed by atoms with Crippen LogP contribution in [0.15, 0.2) is 60.7 Å². The zero-order valence-corrected chi connectivity index (χ0v) is 28.4. The maximum Gasteiger partial charge on any atom is 0.410 e. The molecular formula is C34H45IN4O3. The second-order valence-electron chi connectivity index (χ2n) is 12.5. The van der Waals surface area contributed by atoms with Gasteiger partial charge in [-0.1, -0.05) is 30.4 Å². The Morgan fingerprint density at radius 2 is 1.55 bits per heavy atom. The number of ether oxygens (including phenoxy) is 1. The first-order valence-corrected chi connectivity index (χ1v) is 14.5. The lowest BCUT2D eigenvalue weighted by Gasteiger charge is -2.35. The van der Waals surface area contributed by atoms with Crippen molar-refractivity contribution in [3.05, 3.63) is 77.4 Å². The van der Waals surface area contributed by atoms with Crippen LogP contribution in [-0.2, 0) is 10.2 Å². The van der Waals surface area contributed by atoms with Gasteiger partial charge in [0.2, 0.25) is 5.69 Å². The van der Waals surface area contributed by atoms with Gasteiger partial charge in [-0.15, -0.1) is 0 Å². The molecule has 42 heavy (non-hydrogen) atoms. The van der Waals surface area contributed by atoms with Crippen LogP contribution in [-0.4, -0.2) is 84.5 Å². The molecule has 2 aliphatic heterocycles. The van der Waals surface area contributed by atoms with Gasteiger partial charge in [0.15, 0.2) is 5.71 Å². The van der Waals surface area contributed by atoms with E-state index in [4.69, 9.17) is 4.74 Å². The Morgan fingerprint density at radius 3 is 2.12 bits per heavy atom. The Balaban J connectivity index is 0.00000484. The van der Waals surface area contributed by atoms with Crippen molar-refractivity contribution in [1.29, 1.82) is 0 Å². The quantitative estimate of drug-likeness (QED) is 0.267. The summed E-state index contributed by atoms with van der Waals surface area (Å²) in [5, 5.41) is 0. The van der Waals surface area contributed by atoms with Crippen molar-refractivity contribution < 1.29 is 42.9 Å². The van der Waals surface area contributed by atoms with Crippen molar-refractivity contribution in [2.24, 2.45) is 0 Å². The summed E-state index contributed by atoms with van der Waals surface area (Å²) in [5.41, 5.74) is 5.73. The number of amides is 2. The van der Waals surface area contributed by atoms with E-state index in [2.05, 4.69) is 90.9 Å². The number of rotatable bonds is 6. The van der Waals surface area contributed by atoms with E-state index in [9.17, 15) is 9.59 Å². The lowest BCUT2D eigenvalue weighted by atomic mass is 9.80. The molecule has 1 fully saturated rings. The summed E-state index contributed by atoms with van der Waals surface area (Å²) in [6.45, 7) is 14.9. The van der Waals surface area contributed by atoms with Crippen molar-refractivity contribution in [3.8, 4) is 0 Å². The molecule has 0 unspecified atom stereocenters. The molecule has 2 aliphatic rings. The third kappa shape index (κ3) is 7.43. The van der Waals surface area contributed by atoms with E-state index < -0.39 is 5.60 Å². The third-order valence-corrected chi connectivity index (χ3v) is 7.74. The van der Waals surface area contributed by atoms with Crippen LogP contribution in [0, 0.1) is 0 Å². The fourth-order valence-corrected chi connectivity index (χ4v) is 5.45. The Bertz CT molecular complexity index is 1380. The number of fused-ring (bicyclic) bond motifs is 1. The van der Waals surface area contributed by atoms with Crippen LogP contribution < -0.4 is 28.9 Å². The Hall–Kier alpha value is -3.14. The molecule has 0 N–H and O–H groups in total. The fraction of sp³-hybridized carbons (Fsp3) is 0.441. The topological polar surface area (TPSA) is 56.1 Å². The Kier molecular flexibility index (Phi) is 10.7. The average Bonchev–Trinajstić information content (AvgIpc) is 3.15. The zero-order chi connectivity index (χ0) is 29.9. The summed E-state index contributed by atoms with van der Waals surface area (Å²) in [6.07, 6.45) is 8.15. The number of piperazine rings is 1. The molecule has 1 saturated heterocycles. The minimum absolute atomic E-state index is 0. The molecule has 2 aromatic rings. The van der Waals surface area contributed by atoms with Crippen LogP contribution in [0.1, 0.15) is 63.0 Å². The standard InChI is InChI=1S/C34H45N4O3.HI/c1-9-38-29-19-16-26(31(39)36-20-22-37(23-21-36)32(40)41-33(2,3)4)24-28(29)34(5,6)30(38)13-11-10-12-25-14-17-27(18-15-25)35(7)8;/h10-19,24H,9,20-23H2,1-8H3;1H/q+1;/p-1. The van der Waals surface area contributed by atoms with Gasteiger partial charge in [0.05, 0.1) is 5.41 Å². The number of allylic oxidation sites excluding steroid dienone is 3. The van der Waals surface area contributed by atoms with E-state index in [0.29, 0.717) is 31.7 Å². The predicted octanol–water partition coefficient (Wildman–Crippen LogP) is 3.12. The van der Waals surface area contributed by atoms with Gasteiger partial charge in [-0.25, -0.2) is 4.79 Å². The summed E-state index contributed by atoms with van der Waals surface area (Å²) in [5.74, 6) is 0.00250. The highest BCUT2D eigenvalue weighted by atomic mass is 127. The largest absolute Gasteiger partial charge is 1.00 e. The molecule has 4 rings (SSSR count). The SMILES string of the molecule is CC[N+]1=C(/C=C/C=C/c2ccc(N(C)C)cc2)C(C)(C)c2cc(C(=O)N3CCN(C(=O)OC(C)(C)C)CC3)ccc21.[I-]. The molecule has 7 nitrogen and oxygen atoms in total. The van der Waals surface area contributed by atoms with Gasteiger partial charge in [-0.2, -0.15) is 4.58 Å². The van der Waals surface area contributed by atoms with Gasteiger partial charge in [0.25, 0.3) is 5.91 Å². The molecule has 2 heterocycles. The maximum absolute atomic E-state index is 13.5. The molecule has 0 aliphatic carbocycles. The molecular weight excluding hydrogens is 639 g/mol. The van der Waals surface area contributed by atoms with Crippen molar-refractivity contribution in [2.45, 2.75) is 52.6 Å². The molecule has 0 aromatic heterocycles. The maximum atomic E-state index is 13.5. The number of carbonyl (C=O) groups excluding carboxylic acids is 2. The van der Waals surface area contributed by atoms with Crippen LogP contribution in [0.5, 0.6) is 0 Å². The van der Waals surface area contributed by atoms with Gasteiger partial charge in [0.1, 0.15) is 12.1 Å². The highest BCUT2D eigenvalue weighted by Gasteiger charge is 2.44. The van der Waals surface area contributed by atoms with E-state index in [1.54, 1.807) is 4.90 Å². The lowest BCUT2D eigenvalue weighted by molar-refractivity contribution is -0.433. The summed E-state index contributed by atoms with van der Waals surface area (Å²) < 4.78 is 7.83. The number of halogens is 1. The van der Waals surface area contributed by atoms with Crippen molar-refractivity contribution in [1.82, 2.24) is 9.80 Å². The van der Waals surface area contributed by atoms with Gasteiger partial charge in [-0.3, -0.25) is 4.79 Å². The molecule has 0 spiro atoms. The van der Waals surface area contributed by atoms with E-state index in [1.807, 2.05) is 45.8 Å². The molecule has 2 amide bonds. The monoisotopic (exact) mass is 684 g/mol. The van der Waals surface area contributed by atoms with Crippen LogP contribution in [0.2, 0.25) is 0 Å². The van der Waals surface area contributed by atoms with Crippen molar-refractivity contribution >= 4 is 35.2 Å². The van der Waals surface area contributed by atoms with Gasteiger partial charge in [-0.05, 0) is 71.4 Å². The Labute approximate surface area is 268 Å². The number of carbonyl (C=O) groups is 2. The van der Waals surface area contributed by atoms with E-state index in [-0.39, 0.29) is 41.4 Å². The fourth-order valence-electron chi connectivity index (χ4n) is 5.45. The first-order chi connectivity index (χ1) is 19.3. The number of anilines is 1. The number of benzene rings is 2. The predicted molar refractivity (Wildman–Crippen MR) is 168 cm³/mol. The van der Waals surface area contributed by atoms with E-state index >= 15 is 0 Å². The normalized spacial score (nSPS) is 16.6. The minimum atomic E-state index is -0.535. The number of hydrogen-bond acceptors (Lipinski definition) is 4. The molecule has 0 radical (unpaired) electrons. The second-order valence-corrected chi connectivity index (χ2v) is 12.5. The first kappa shape index (κ1) is 33.4. The zero-order valence-electron chi connectivity index (χ0n) is 26.3. The van der Waals surface area contributed by atoms with Gasteiger partial charge in [0, 0.05) is 69.2 Å². The van der Waals surface area contributed by atoms with Crippen LogP contribution in [0.4, 0.5) is 16.2 Å². The molecule has 0 bridgehead atoms. The van der Waals surface area contributed by atoms with Gasteiger partial charge < -0.3 is 43.4 Å².